The zero-order chi connectivity index (χ0) is 8.10. The van der Waals surface area contributed by atoms with Gasteiger partial charge in [-0.1, -0.05) is 6.92 Å². The van der Waals surface area contributed by atoms with E-state index in [1.54, 1.807) is 0 Å². The van der Waals surface area contributed by atoms with E-state index in [1.807, 2.05) is 11.8 Å². The predicted octanol–water partition coefficient (Wildman–Crippen LogP) is 0.773. The molecule has 0 spiro atoms. The third-order valence-corrected chi connectivity index (χ3v) is 2.94. The van der Waals surface area contributed by atoms with Crippen LogP contribution in [0.1, 0.15) is 13.3 Å². The molecule has 1 atom stereocenters. The van der Waals surface area contributed by atoms with Crippen molar-refractivity contribution in [3.05, 3.63) is 0 Å². The summed E-state index contributed by atoms with van der Waals surface area (Å²) < 4.78 is 0. The van der Waals surface area contributed by atoms with Crippen LogP contribution in [-0.2, 0) is 0 Å². The van der Waals surface area contributed by atoms with Crippen LogP contribution in [0.2, 0.25) is 0 Å². The van der Waals surface area contributed by atoms with Gasteiger partial charge < -0.3 is 10.6 Å². The molecule has 0 aromatic rings. The number of nitrogens with two attached hydrogens (primary N) is 1. The monoisotopic (exact) mass is 174 g/mol. The molecule has 0 aliphatic carbocycles. The summed E-state index contributed by atoms with van der Waals surface area (Å²) in [6.07, 6.45) is 1.19. The maximum absolute atomic E-state index is 5.78. The van der Waals surface area contributed by atoms with Crippen molar-refractivity contribution in [2.24, 2.45) is 5.73 Å². The maximum atomic E-state index is 5.78. The third-order valence-electron chi connectivity index (χ3n) is 2.06. The Hall–Kier alpha value is 0.270. The van der Waals surface area contributed by atoms with Crippen LogP contribution in [0.25, 0.3) is 0 Å². The summed E-state index contributed by atoms with van der Waals surface area (Å²) in [7, 11) is 0. The van der Waals surface area contributed by atoms with Gasteiger partial charge in [0, 0.05) is 24.9 Å². The van der Waals surface area contributed by atoms with Crippen molar-refractivity contribution in [2.75, 3.05) is 31.1 Å². The van der Waals surface area contributed by atoms with Crippen LogP contribution in [0.15, 0.2) is 0 Å². The molecule has 0 aromatic carbocycles. The van der Waals surface area contributed by atoms with Gasteiger partial charge in [-0.15, -0.1) is 0 Å². The summed E-state index contributed by atoms with van der Waals surface area (Å²) >= 11 is 2.01. The molecule has 0 bridgehead atoms. The molecule has 0 radical (unpaired) electrons. The van der Waals surface area contributed by atoms with E-state index >= 15 is 0 Å². The van der Waals surface area contributed by atoms with E-state index in [1.165, 1.54) is 31.0 Å². The Morgan fingerprint density at radius 1 is 1.64 bits per heavy atom. The normalized spacial score (nSPS) is 26.2. The first-order valence-corrected chi connectivity index (χ1v) is 5.54. The molecule has 1 aliphatic heterocycles. The van der Waals surface area contributed by atoms with Crippen LogP contribution in [0.5, 0.6) is 0 Å². The fourth-order valence-corrected chi connectivity index (χ4v) is 2.08. The summed E-state index contributed by atoms with van der Waals surface area (Å²) in [6, 6.07) is 0.446. The number of hydrogen-bond donors (Lipinski definition) is 1. The van der Waals surface area contributed by atoms with Gasteiger partial charge in [-0.05, 0) is 18.7 Å². The van der Waals surface area contributed by atoms with Crippen molar-refractivity contribution in [2.45, 2.75) is 19.4 Å². The van der Waals surface area contributed by atoms with E-state index in [-0.39, 0.29) is 0 Å². The van der Waals surface area contributed by atoms with Crippen molar-refractivity contribution in [1.82, 2.24) is 4.90 Å². The molecule has 0 aromatic heterocycles. The molecule has 0 unspecified atom stereocenters. The minimum absolute atomic E-state index is 0.446. The maximum Gasteiger partial charge on any atom is 0.0180 e. The lowest BCUT2D eigenvalue weighted by Crippen LogP contribution is -2.28. The van der Waals surface area contributed by atoms with E-state index < -0.39 is 0 Å². The average Bonchev–Trinajstić information content (AvgIpc) is 2.37. The molecule has 1 rings (SSSR count). The molecule has 0 amide bonds. The van der Waals surface area contributed by atoms with Gasteiger partial charge in [0.25, 0.3) is 0 Å². The van der Waals surface area contributed by atoms with Gasteiger partial charge in [0.2, 0.25) is 0 Å². The van der Waals surface area contributed by atoms with Crippen molar-refractivity contribution in [3.63, 3.8) is 0 Å². The minimum Gasteiger partial charge on any atom is -0.326 e. The molecule has 1 saturated heterocycles. The third kappa shape index (κ3) is 3.45. The largest absolute Gasteiger partial charge is 0.326 e. The van der Waals surface area contributed by atoms with Gasteiger partial charge in [0.15, 0.2) is 0 Å². The number of hydrogen-bond acceptors (Lipinski definition) is 3. The molecular weight excluding hydrogens is 156 g/mol. The van der Waals surface area contributed by atoms with Crippen molar-refractivity contribution in [1.29, 1.82) is 0 Å². The van der Waals surface area contributed by atoms with Gasteiger partial charge in [-0.25, -0.2) is 0 Å². The molecule has 1 aliphatic rings. The quantitative estimate of drug-likeness (QED) is 0.638. The van der Waals surface area contributed by atoms with E-state index in [9.17, 15) is 0 Å². The second kappa shape index (κ2) is 5.01. The number of thioether (sulfide) groups is 1. The summed E-state index contributed by atoms with van der Waals surface area (Å²) in [4.78, 5) is 2.47. The molecule has 2 N–H and O–H groups in total. The summed E-state index contributed by atoms with van der Waals surface area (Å²) in [5, 5.41) is 0. The molecule has 1 heterocycles. The lowest BCUT2D eigenvalue weighted by Gasteiger charge is -2.13. The Morgan fingerprint density at radius 2 is 2.45 bits per heavy atom. The summed E-state index contributed by atoms with van der Waals surface area (Å²) in [5.41, 5.74) is 5.78. The first kappa shape index (κ1) is 9.36. The van der Waals surface area contributed by atoms with Gasteiger partial charge in [-0.3, -0.25) is 0 Å². The second-order valence-corrected chi connectivity index (χ2v) is 4.44. The van der Waals surface area contributed by atoms with Crippen molar-refractivity contribution < 1.29 is 0 Å². The fourth-order valence-electron chi connectivity index (χ4n) is 1.40. The molecule has 11 heavy (non-hydrogen) atoms. The Bertz CT molecular complexity index is 108. The van der Waals surface area contributed by atoms with Gasteiger partial charge in [0.05, 0.1) is 0 Å². The Balaban J connectivity index is 1.99. The van der Waals surface area contributed by atoms with Gasteiger partial charge >= 0.3 is 0 Å². The van der Waals surface area contributed by atoms with Crippen molar-refractivity contribution in [3.8, 4) is 0 Å². The molecule has 3 heteroatoms. The van der Waals surface area contributed by atoms with Crippen LogP contribution in [0.3, 0.4) is 0 Å². The zero-order valence-corrected chi connectivity index (χ0v) is 8.07. The number of rotatable bonds is 4. The Labute approximate surface area is 73.5 Å². The lowest BCUT2D eigenvalue weighted by atomic mass is 10.3. The molecule has 66 valence electrons. The highest BCUT2D eigenvalue weighted by molar-refractivity contribution is 7.99. The highest BCUT2D eigenvalue weighted by atomic mass is 32.2. The van der Waals surface area contributed by atoms with Crippen LogP contribution in [0, 0.1) is 0 Å². The first-order chi connectivity index (χ1) is 5.33. The zero-order valence-electron chi connectivity index (χ0n) is 7.25. The standard InChI is InChI=1S/C8H18N2S/c1-2-11-6-5-10-4-3-8(9)7-10/h8H,2-7,9H2,1H3/t8-/m1/s1. The number of likely N-dealkylation sites (tertiary alicyclic amines) is 1. The number of nitrogens with zero attached hydrogens (tertiary/aromatic N) is 1. The van der Waals surface area contributed by atoms with E-state index in [4.69, 9.17) is 5.73 Å². The molecule has 1 fully saturated rings. The van der Waals surface area contributed by atoms with E-state index in [0.717, 1.165) is 6.54 Å². The van der Waals surface area contributed by atoms with Crippen molar-refractivity contribution >= 4 is 11.8 Å². The van der Waals surface area contributed by atoms with Gasteiger partial charge in [-0.2, -0.15) is 11.8 Å². The smallest absolute Gasteiger partial charge is 0.0180 e. The lowest BCUT2D eigenvalue weighted by molar-refractivity contribution is 0.357. The Kier molecular flexibility index (Phi) is 4.26. The topological polar surface area (TPSA) is 29.3 Å². The van der Waals surface area contributed by atoms with Crippen LogP contribution in [-0.4, -0.2) is 42.1 Å². The SMILES string of the molecule is CCSCCN1CC[C@@H](N)C1. The average molecular weight is 174 g/mol. The molecule has 2 nitrogen and oxygen atoms in total. The van der Waals surface area contributed by atoms with E-state index in [0.29, 0.717) is 6.04 Å². The summed E-state index contributed by atoms with van der Waals surface area (Å²) in [6.45, 7) is 5.77. The van der Waals surface area contributed by atoms with Crippen LogP contribution in [0.4, 0.5) is 0 Å². The predicted molar refractivity (Wildman–Crippen MR) is 52.0 cm³/mol. The van der Waals surface area contributed by atoms with Gasteiger partial charge in [0.1, 0.15) is 0 Å². The molecule has 0 saturated carbocycles. The Morgan fingerprint density at radius 3 is 3.00 bits per heavy atom. The first-order valence-electron chi connectivity index (χ1n) is 4.38. The fraction of sp³-hybridized carbons (Fsp3) is 1.00. The summed E-state index contributed by atoms with van der Waals surface area (Å²) in [5.74, 6) is 2.50. The van der Waals surface area contributed by atoms with E-state index in [2.05, 4.69) is 11.8 Å². The molecular formula is C8H18N2S. The minimum atomic E-state index is 0.446. The highest BCUT2D eigenvalue weighted by Crippen LogP contribution is 2.08. The van der Waals surface area contributed by atoms with Crippen LogP contribution < -0.4 is 5.73 Å². The second-order valence-electron chi connectivity index (χ2n) is 3.05. The highest BCUT2D eigenvalue weighted by Gasteiger charge is 2.17. The van der Waals surface area contributed by atoms with Crippen LogP contribution >= 0.6 is 11.8 Å².